The van der Waals surface area contributed by atoms with Gasteiger partial charge in [-0.15, -0.1) is 0 Å². The molecule has 0 aliphatic carbocycles. The molecule has 1 aliphatic heterocycles. The minimum Gasteiger partial charge on any atom is -0.494 e. The molecular weight excluding hydrogens is 236 g/mol. The molecule has 1 atom stereocenters. The predicted molar refractivity (Wildman–Crippen MR) is 80.0 cm³/mol. The highest BCUT2D eigenvalue weighted by molar-refractivity contribution is 5.29. The maximum atomic E-state index is 5.62. The Morgan fingerprint density at radius 1 is 1.21 bits per heavy atom. The van der Waals surface area contributed by atoms with Crippen molar-refractivity contribution in [2.45, 2.75) is 26.2 Å². The van der Waals surface area contributed by atoms with Crippen LogP contribution >= 0.6 is 0 Å². The van der Waals surface area contributed by atoms with E-state index < -0.39 is 0 Å². The summed E-state index contributed by atoms with van der Waals surface area (Å²) in [5.41, 5.74) is 1.40. The Balaban J connectivity index is 1.85. The van der Waals surface area contributed by atoms with Gasteiger partial charge in [-0.3, -0.25) is 0 Å². The van der Waals surface area contributed by atoms with E-state index in [9.17, 15) is 0 Å². The lowest BCUT2D eigenvalue weighted by molar-refractivity contribution is 0.230. The smallest absolute Gasteiger partial charge is 0.119 e. The third-order valence-electron chi connectivity index (χ3n) is 3.66. The van der Waals surface area contributed by atoms with Crippen molar-refractivity contribution in [3.63, 3.8) is 0 Å². The minimum atomic E-state index is 0.582. The van der Waals surface area contributed by atoms with Crippen LogP contribution in [0.5, 0.6) is 5.75 Å². The first-order valence-electron chi connectivity index (χ1n) is 7.45. The summed E-state index contributed by atoms with van der Waals surface area (Å²) in [5.74, 6) is 1.57. The largest absolute Gasteiger partial charge is 0.494 e. The van der Waals surface area contributed by atoms with E-state index in [0.717, 1.165) is 38.4 Å². The van der Waals surface area contributed by atoms with Crippen LogP contribution in [0, 0.1) is 0 Å². The first kappa shape index (κ1) is 14.4. The minimum absolute atomic E-state index is 0.582. The number of nitrogens with zero attached hydrogens (tertiary/aromatic N) is 1. The summed E-state index contributed by atoms with van der Waals surface area (Å²) < 4.78 is 5.62. The fourth-order valence-electron chi connectivity index (χ4n) is 2.50. The molecule has 0 spiro atoms. The second kappa shape index (κ2) is 7.51. The van der Waals surface area contributed by atoms with E-state index in [1.54, 1.807) is 0 Å². The molecule has 2 rings (SSSR count). The van der Waals surface area contributed by atoms with Crippen LogP contribution in [0.3, 0.4) is 0 Å². The quantitative estimate of drug-likeness (QED) is 0.852. The zero-order valence-electron chi connectivity index (χ0n) is 12.2. The maximum absolute atomic E-state index is 5.62. The second-order valence-corrected chi connectivity index (χ2v) is 5.37. The lowest BCUT2D eigenvalue weighted by atomic mass is 10.0. The molecule has 0 aromatic heterocycles. The first-order chi connectivity index (χ1) is 9.29. The van der Waals surface area contributed by atoms with Crippen LogP contribution in [-0.2, 0) is 0 Å². The van der Waals surface area contributed by atoms with Crippen LogP contribution in [0.1, 0.15) is 31.7 Å². The molecular formula is C16H26N2O. The summed E-state index contributed by atoms with van der Waals surface area (Å²) in [5, 5.41) is 3.40. The van der Waals surface area contributed by atoms with E-state index in [2.05, 4.69) is 48.3 Å². The van der Waals surface area contributed by atoms with E-state index in [1.807, 2.05) is 0 Å². The molecule has 1 aromatic rings. The molecule has 1 saturated heterocycles. The van der Waals surface area contributed by atoms with Crippen molar-refractivity contribution >= 4 is 0 Å². The van der Waals surface area contributed by atoms with Crippen LogP contribution in [0.4, 0.5) is 0 Å². The van der Waals surface area contributed by atoms with E-state index in [0.29, 0.717) is 5.92 Å². The van der Waals surface area contributed by atoms with Crippen LogP contribution in [0.25, 0.3) is 0 Å². The van der Waals surface area contributed by atoms with Crippen molar-refractivity contribution in [2.75, 3.05) is 39.3 Å². The summed E-state index contributed by atoms with van der Waals surface area (Å²) in [7, 11) is 0. The van der Waals surface area contributed by atoms with Crippen molar-refractivity contribution in [3.05, 3.63) is 29.8 Å². The summed E-state index contributed by atoms with van der Waals surface area (Å²) in [6.45, 7) is 11.0. The number of ether oxygens (including phenoxy) is 1. The molecule has 1 fully saturated rings. The SMILES string of the molecule is CCCOc1ccc(C(C)CN2CCNCC2)cc1. The third-order valence-corrected chi connectivity index (χ3v) is 3.66. The van der Waals surface area contributed by atoms with Crippen LogP contribution in [0.2, 0.25) is 0 Å². The van der Waals surface area contributed by atoms with Gasteiger partial charge in [0.25, 0.3) is 0 Å². The van der Waals surface area contributed by atoms with Gasteiger partial charge in [0.2, 0.25) is 0 Å². The standard InChI is InChI=1S/C16H26N2O/c1-3-12-19-16-6-4-15(5-7-16)14(2)13-18-10-8-17-9-11-18/h4-7,14,17H,3,8-13H2,1-2H3. The Morgan fingerprint density at radius 3 is 2.53 bits per heavy atom. The van der Waals surface area contributed by atoms with Gasteiger partial charge in [0.1, 0.15) is 5.75 Å². The van der Waals surface area contributed by atoms with Crippen molar-refractivity contribution < 1.29 is 4.74 Å². The average Bonchev–Trinajstić information content (AvgIpc) is 2.46. The molecule has 1 N–H and O–H groups in total. The molecule has 3 heteroatoms. The molecule has 0 radical (unpaired) electrons. The molecule has 1 aliphatic rings. The molecule has 1 heterocycles. The van der Waals surface area contributed by atoms with E-state index in [1.165, 1.54) is 18.7 Å². The summed E-state index contributed by atoms with van der Waals surface area (Å²) in [6.07, 6.45) is 1.06. The van der Waals surface area contributed by atoms with E-state index in [4.69, 9.17) is 4.74 Å². The first-order valence-corrected chi connectivity index (χ1v) is 7.45. The highest BCUT2D eigenvalue weighted by Crippen LogP contribution is 2.20. The molecule has 0 amide bonds. The highest BCUT2D eigenvalue weighted by atomic mass is 16.5. The van der Waals surface area contributed by atoms with Crippen molar-refractivity contribution in [1.29, 1.82) is 0 Å². The average molecular weight is 262 g/mol. The van der Waals surface area contributed by atoms with Gasteiger partial charge < -0.3 is 15.0 Å². The van der Waals surface area contributed by atoms with Gasteiger partial charge >= 0.3 is 0 Å². The van der Waals surface area contributed by atoms with Gasteiger partial charge in [0.15, 0.2) is 0 Å². The van der Waals surface area contributed by atoms with Crippen LogP contribution in [-0.4, -0.2) is 44.2 Å². The van der Waals surface area contributed by atoms with Gasteiger partial charge in [0.05, 0.1) is 6.61 Å². The number of nitrogens with one attached hydrogen (secondary N) is 1. The van der Waals surface area contributed by atoms with Crippen molar-refractivity contribution in [3.8, 4) is 5.75 Å². The number of benzene rings is 1. The maximum Gasteiger partial charge on any atom is 0.119 e. The predicted octanol–water partition coefficient (Wildman–Crippen LogP) is 2.48. The Hall–Kier alpha value is -1.06. The Bertz CT molecular complexity index is 358. The van der Waals surface area contributed by atoms with Gasteiger partial charge in [-0.05, 0) is 30.0 Å². The lowest BCUT2D eigenvalue weighted by Gasteiger charge is -2.29. The third kappa shape index (κ3) is 4.51. The molecule has 1 unspecified atom stereocenters. The van der Waals surface area contributed by atoms with E-state index in [-0.39, 0.29) is 0 Å². The Morgan fingerprint density at radius 2 is 1.89 bits per heavy atom. The van der Waals surface area contributed by atoms with Gasteiger partial charge in [-0.1, -0.05) is 26.0 Å². The van der Waals surface area contributed by atoms with Gasteiger partial charge in [0, 0.05) is 32.7 Å². The monoisotopic (exact) mass is 262 g/mol. The highest BCUT2D eigenvalue weighted by Gasteiger charge is 2.14. The summed E-state index contributed by atoms with van der Waals surface area (Å²) in [4.78, 5) is 2.54. The number of piperazine rings is 1. The number of hydrogen-bond donors (Lipinski definition) is 1. The zero-order valence-corrected chi connectivity index (χ0v) is 12.2. The van der Waals surface area contributed by atoms with Crippen molar-refractivity contribution in [1.82, 2.24) is 10.2 Å². The summed E-state index contributed by atoms with van der Waals surface area (Å²) >= 11 is 0. The normalized spacial score (nSPS) is 18.2. The number of hydrogen-bond acceptors (Lipinski definition) is 3. The molecule has 1 aromatic carbocycles. The van der Waals surface area contributed by atoms with Crippen molar-refractivity contribution in [2.24, 2.45) is 0 Å². The molecule has 106 valence electrons. The lowest BCUT2D eigenvalue weighted by Crippen LogP contribution is -2.44. The zero-order chi connectivity index (χ0) is 13.5. The van der Waals surface area contributed by atoms with Crippen LogP contribution in [0.15, 0.2) is 24.3 Å². The Kier molecular flexibility index (Phi) is 5.67. The molecule has 3 nitrogen and oxygen atoms in total. The van der Waals surface area contributed by atoms with E-state index >= 15 is 0 Å². The molecule has 19 heavy (non-hydrogen) atoms. The molecule has 0 bridgehead atoms. The Labute approximate surface area is 116 Å². The van der Waals surface area contributed by atoms with Gasteiger partial charge in [-0.2, -0.15) is 0 Å². The fourth-order valence-corrected chi connectivity index (χ4v) is 2.50. The van der Waals surface area contributed by atoms with Gasteiger partial charge in [-0.25, -0.2) is 0 Å². The molecule has 0 saturated carbocycles. The summed E-state index contributed by atoms with van der Waals surface area (Å²) in [6, 6.07) is 8.61. The number of rotatable bonds is 6. The topological polar surface area (TPSA) is 24.5 Å². The second-order valence-electron chi connectivity index (χ2n) is 5.37. The van der Waals surface area contributed by atoms with Crippen LogP contribution < -0.4 is 10.1 Å². The fraction of sp³-hybridized carbons (Fsp3) is 0.625.